The summed E-state index contributed by atoms with van der Waals surface area (Å²) < 4.78 is 9.97. The van der Waals surface area contributed by atoms with Crippen LogP contribution < -0.4 is 0 Å². The van der Waals surface area contributed by atoms with Crippen LogP contribution in [-0.2, 0) is 23.9 Å². The van der Waals surface area contributed by atoms with Crippen molar-refractivity contribution in [1.82, 2.24) is 0 Å². The van der Waals surface area contributed by atoms with Gasteiger partial charge in [0.2, 0.25) is 0 Å². The number of carbonyl (C=O) groups excluding carboxylic acids is 2. The molecule has 0 amide bonds. The van der Waals surface area contributed by atoms with Gasteiger partial charge in [-0.2, -0.15) is 0 Å². The summed E-state index contributed by atoms with van der Waals surface area (Å²) in [7, 11) is 0. The number of rotatable bonds is 11. The van der Waals surface area contributed by atoms with Crippen molar-refractivity contribution in [3.8, 4) is 0 Å². The van der Waals surface area contributed by atoms with Crippen molar-refractivity contribution in [2.75, 3.05) is 13.2 Å². The van der Waals surface area contributed by atoms with Crippen LogP contribution in [-0.4, -0.2) is 36.2 Å². The van der Waals surface area contributed by atoms with Crippen LogP contribution in [0.3, 0.4) is 0 Å². The van der Waals surface area contributed by atoms with E-state index in [1.54, 1.807) is 0 Å². The van der Waals surface area contributed by atoms with Crippen molar-refractivity contribution in [3.05, 3.63) is 12.2 Å². The molecule has 1 unspecified atom stereocenters. The van der Waals surface area contributed by atoms with Gasteiger partial charge in [0.15, 0.2) is 0 Å². The summed E-state index contributed by atoms with van der Waals surface area (Å²) in [5.74, 6) is -3.32. The predicted molar refractivity (Wildman–Crippen MR) is 85.7 cm³/mol. The van der Waals surface area contributed by atoms with E-state index in [0.717, 1.165) is 0 Å². The first-order valence-electron chi connectivity index (χ1n) is 7.89. The summed E-state index contributed by atoms with van der Waals surface area (Å²) in [5, 5.41) is 9.19. The lowest BCUT2D eigenvalue weighted by atomic mass is 9.97. The highest BCUT2D eigenvalue weighted by molar-refractivity contribution is 5.96. The van der Waals surface area contributed by atoms with Crippen molar-refractivity contribution < 1.29 is 29.0 Å². The second kappa shape index (κ2) is 10.8. The first-order valence-corrected chi connectivity index (χ1v) is 7.89. The fraction of sp³-hybridized carbons (Fsp3) is 0.706. The fourth-order valence-electron chi connectivity index (χ4n) is 1.62. The highest BCUT2D eigenvalue weighted by Gasteiger charge is 2.30. The minimum Gasteiger partial charge on any atom is -0.481 e. The Bertz CT molecular complexity index is 425. The van der Waals surface area contributed by atoms with Gasteiger partial charge in [0.05, 0.1) is 25.6 Å². The molecule has 23 heavy (non-hydrogen) atoms. The lowest BCUT2D eigenvalue weighted by Crippen LogP contribution is -2.26. The SMILES string of the molecule is C=C(C(=O)OCCC(C)C)C(CC(=O)OCCC(C)C)C(=O)O. The van der Waals surface area contributed by atoms with Crippen LogP contribution >= 0.6 is 0 Å². The number of hydrogen-bond donors (Lipinski definition) is 1. The fourth-order valence-corrected chi connectivity index (χ4v) is 1.62. The van der Waals surface area contributed by atoms with Crippen LogP contribution in [0.15, 0.2) is 12.2 Å². The van der Waals surface area contributed by atoms with E-state index in [4.69, 9.17) is 9.47 Å². The molecule has 1 atom stereocenters. The zero-order chi connectivity index (χ0) is 18.0. The lowest BCUT2D eigenvalue weighted by molar-refractivity contribution is -0.152. The molecule has 132 valence electrons. The summed E-state index contributed by atoms with van der Waals surface area (Å²) in [6.07, 6.45) is 0.946. The summed E-state index contributed by atoms with van der Waals surface area (Å²) in [4.78, 5) is 34.8. The third-order valence-corrected chi connectivity index (χ3v) is 3.24. The molecular weight excluding hydrogens is 300 g/mol. The maximum atomic E-state index is 11.8. The molecule has 0 aliphatic carbocycles. The van der Waals surface area contributed by atoms with E-state index in [9.17, 15) is 19.5 Å². The van der Waals surface area contributed by atoms with Gasteiger partial charge in [0.1, 0.15) is 0 Å². The predicted octanol–water partition coefficient (Wildman–Crippen LogP) is 2.81. The number of ether oxygens (including phenoxy) is 2. The first kappa shape index (κ1) is 21.1. The summed E-state index contributed by atoms with van der Waals surface area (Å²) in [5.41, 5.74) is -0.234. The molecule has 0 radical (unpaired) electrons. The summed E-state index contributed by atoms with van der Waals surface area (Å²) in [6.45, 7) is 11.8. The van der Waals surface area contributed by atoms with Gasteiger partial charge in [0, 0.05) is 5.57 Å². The quantitative estimate of drug-likeness (QED) is 0.463. The third kappa shape index (κ3) is 9.71. The molecule has 0 bridgehead atoms. The Balaban J connectivity index is 4.48. The molecular formula is C17H28O6. The molecule has 0 saturated carbocycles. The van der Waals surface area contributed by atoms with Gasteiger partial charge in [-0.3, -0.25) is 9.59 Å². The minimum absolute atomic E-state index is 0.195. The third-order valence-electron chi connectivity index (χ3n) is 3.24. The number of aliphatic carboxylic acids is 1. The molecule has 0 heterocycles. The molecule has 0 aliphatic heterocycles. The number of carboxylic acid groups (broad SMARTS) is 1. The first-order chi connectivity index (χ1) is 10.6. The Labute approximate surface area is 137 Å². The molecule has 0 aromatic rings. The Hall–Kier alpha value is -1.85. The topological polar surface area (TPSA) is 89.9 Å². The number of carboxylic acids is 1. The molecule has 0 aliphatic rings. The Kier molecular flexibility index (Phi) is 9.94. The lowest BCUT2D eigenvalue weighted by Gasteiger charge is -2.15. The molecule has 0 saturated heterocycles. The van der Waals surface area contributed by atoms with Gasteiger partial charge in [-0.15, -0.1) is 0 Å². The van der Waals surface area contributed by atoms with Crippen molar-refractivity contribution in [2.24, 2.45) is 17.8 Å². The van der Waals surface area contributed by atoms with Crippen LogP contribution in [0.4, 0.5) is 0 Å². The van der Waals surface area contributed by atoms with Crippen molar-refractivity contribution in [2.45, 2.75) is 47.0 Å². The Morgan fingerprint density at radius 3 is 1.87 bits per heavy atom. The highest BCUT2D eigenvalue weighted by Crippen LogP contribution is 2.17. The zero-order valence-corrected chi connectivity index (χ0v) is 14.5. The average molecular weight is 328 g/mol. The Morgan fingerprint density at radius 2 is 1.43 bits per heavy atom. The van der Waals surface area contributed by atoms with Crippen LogP contribution in [0, 0.1) is 17.8 Å². The van der Waals surface area contributed by atoms with E-state index in [1.807, 2.05) is 27.7 Å². The van der Waals surface area contributed by atoms with E-state index in [0.29, 0.717) is 24.7 Å². The van der Waals surface area contributed by atoms with E-state index in [2.05, 4.69) is 6.58 Å². The molecule has 0 rings (SSSR count). The van der Waals surface area contributed by atoms with Gasteiger partial charge >= 0.3 is 17.9 Å². The van der Waals surface area contributed by atoms with Crippen molar-refractivity contribution in [1.29, 1.82) is 0 Å². The largest absolute Gasteiger partial charge is 0.481 e. The van der Waals surface area contributed by atoms with Gasteiger partial charge < -0.3 is 14.6 Å². The van der Waals surface area contributed by atoms with Crippen LogP contribution in [0.1, 0.15) is 47.0 Å². The Morgan fingerprint density at radius 1 is 0.957 bits per heavy atom. The number of esters is 2. The second-order valence-corrected chi connectivity index (χ2v) is 6.34. The number of carbonyl (C=O) groups is 3. The minimum atomic E-state index is -1.33. The van der Waals surface area contributed by atoms with E-state index < -0.39 is 30.2 Å². The van der Waals surface area contributed by atoms with Crippen molar-refractivity contribution >= 4 is 17.9 Å². The average Bonchev–Trinajstić information content (AvgIpc) is 2.42. The van der Waals surface area contributed by atoms with Gasteiger partial charge in [-0.25, -0.2) is 4.79 Å². The summed E-state index contributed by atoms with van der Waals surface area (Å²) >= 11 is 0. The maximum Gasteiger partial charge on any atom is 0.334 e. The van der Waals surface area contributed by atoms with Crippen LogP contribution in [0.2, 0.25) is 0 Å². The van der Waals surface area contributed by atoms with Gasteiger partial charge in [-0.1, -0.05) is 34.3 Å². The van der Waals surface area contributed by atoms with Crippen molar-refractivity contribution in [3.63, 3.8) is 0 Å². The van der Waals surface area contributed by atoms with Gasteiger partial charge in [-0.05, 0) is 24.7 Å². The molecule has 6 nitrogen and oxygen atoms in total. The highest BCUT2D eigenvalue weighted by atomic mass is 16.5. The van der Waals surface area contributed by atoms with E-state index in [-0.39, 0.29) is 18.8 Å². The molecule has 0 aromatic heterocycles. The molecule has 6 heteroatoms. The normalized spacial score (nSPS) is 12.1. The monoisotopic (exact) mass is 328 g/mol. The molecule has 0 aromatic carbocycles. The number of hydrogen-bond acceptors (Lipinski definition) is 5. The van der Waals surface area contributed by atoms with Crippen LogP contribution in [0.5, 0.6) is 0 Å². The second-order valence-electron chi connectivity index (χ2n) is 6.34. The smallest absolute Gasteiger partial charge is 0.334 e. The van der Waals surface area contributed by atoms with E-state index in [1.165, 1.54) is 0 Å². The summed E-state index contributed by atoms with van der Waals surface area (Å²) in [6, 6.07) is 0. The van der Waals surface area contributed by atoms with Crippen LogP contribution in [0.25, 0.3) is 0 Å². The maximum absolute atomic E-state index is 11.8. The van der Waals surface area contributed by atoms with E-state index >= 15 is 0 Å². The van der Waals surface area contributed by atoms with Gasteiger partial charge in [0.25, 0.3) is 0 Å². The zero-order valence-electron chi connectivity index (χ0n) is 14.5. The molecule has 0 spiro atoms. The molecule has 0 fully saturated rings. The molecule has 1 N–H and O–H groups in total. The standard InChI is InChI=1S/C17H28O6/c1-11(2)6-8-22-15(18)10-14(16(19)20)13(5)17(21)23-9-7-12(3)4/h11-12,14H,5-10H2,1-4H3,(H,19,20).